The highest BCUT2D eigenvalue weighted by Crippen LogP contribution is 2.26. The summed E-state index contributed by atoms with van der Waals surface area (Å²) in [7, 11) is 4.81. The van der Waals surface area contributed by atoms with Crippen molar-refractivity contribution < 1.29 is 24.3 Å². The van der Waals surface area contributed by atoms with E-state index in [4.69, 9.17) is 5.11 Å². The van der Waals surface area contributed by atoms with Crippen molar-refractivity contribution in [3.63, 3.8) is 0 Å². The van der Waals surface area contributed by atoms with Crippen molar-refractivity contribution in [1.29, 1.82) is 0 Å². The third-order valence-electron chi connectivity index (χ3n) is 7.48. The lowest BCUT2D eigenvalue weighted by Crippen LogP contribution is -2.50. The minimum absolute atomic E-state index is 0.0761. The Bertz CT molecular complexity index is 1480. The van der Waals surface area contributed by atoms with Gasteiger partial charge in [-0.15, -0.1) is 0 Å². The molecule has 9 heteroatoms. The first-order valence-corrected chi connectivity index (χ1v) is 14.3. The van der Waals surface area contributed by atoms with Gasteiger partial charge in [-0.1, -0.05) is 78.4 Å². The van der Waals surface area contributed by atoms with Gasteiger partial charge in [-0.25, -0.2) is 4.79 Å². The van der Waals surface area contributed by atoms with Gasteiger partial charge in [0.15, 0.2) is 0 Å². The number of hydrogen-bond donors (Lipinski definition) is 3. The molecule has 0 radical (unpaired) electrons. The molecule has 0 aliphatic rings. The number of carbonyl (C=O) groups is 4. The van der Waals surface area contributed by atoms with E-state index in [0.29, 0.717) is 18.4 Å². The molecule has 0 fully saturated rings. The van der Waals surface area contributed by atoms with Crippen LogP contribution in [0, 0.1) is 0 Å². The van der Waals surface area contributed by atoms with E-state index in [2.05, 4.69) is 10.6 Å². The number of nitrogens with one attached hydrogen (secondary N) is 2. The van der Waals surface area contributed by atoms with Gasteiger partial charge in [-0.05, 0) is 49.1 Å². The van der Waals surface area contributed by atoms with Crippen LogP contribution in [0.15, 0.2) is 84.4 Å². The molecule has 2 unspecified atom stereocenters. The van der Waals surface area contributed by atoms with E-state index in [-0.39, 0.29) is 24.3 Å². The lowest BCUT2D eigenvalue weighted by atomic mass is 9.93. The summed E-state index contributed by atoms with van der Waals surface area (Å²) in [6.07, 6.45) is 1.01. The van der Waals surface area contributed by atoms with Crippen LogP contribution in [0.2, 0.25) is 0 Å². The smallest absolute Gasteiger partial charge is 0.405 e. The van der Waals surface area contributed by atoms with Crippen molar-refractivity contribution in [2.24, 2.45) is 0 Å². The van der Waals surface area contributed by atoms with Gasteiger partial charge in [0.05, 0.1) is 5.92 Å². The van der Waals surface area contributed by atoms with E-state index in [1.807, 2.05) is 72.8 Å². The minimum atomic E-state index is -1.13. The second-order valence-corrected chi connectivity index (χ2v) is 11.6. The van der Waals surface area contributed by atoms with Crippen LogP contribution in [-0.4, -0.2) is 78.0 Å². The normalized spacial score (nSPS) is 13.1. The molecule has 0 saturated carbocycles. The number of fused-ring (bicyclic) bond motifs is 1. The monoisotopic (exact) mass is 586 g/mol. The zero-order valence-electron chi connectivity index (χ0n) is 25.8. The molecule has 0 bridgehead atoms. The molecule has 0 saturated heterocycles. The van der Waals surface area contributed by atoms with Gasteiger partial charge in [0, 0.05) is 45.7 Å². The predicted molar refractivity (Wildman–Crippen MR) is 169 cm³/mol. The van der Waals surface area contributed by atoms with Gasteiger partial charge < -0.3 is 25.5 Å². The Balaban J connectivity index is 1.93. The molecule has 3 aromatic rings. The molecular weight excluding hydrogens is 544 g/mol. The highest BCUT2D eigenvalue weighted by atomic mass is 16.4. The van der Waals surface area contributed by atoms with Crippen molar-refractivity contribution in [2.75, 3.05) is 27.7 Å². The van der Waals surface area contributed by atoms with E-state index in [9.17, 15) is 19.2 Å². The van der Waals surface area contributed by atoms with Crippen LogP contribution in [0.4, 0.5) is 4.79 Å². The number of carboxylic acid groups (broad SMARTS) is 1. The van der Waals surface area contributed by atoms with Gasteiger partial charge in [-0.2, -0.15) is 0 Å². The zero-order valence-corrected chi connectivity index (χ0v) is 25.8. The third kappa shape index (κ3) is 9.16. The van der Waals surface area contributed by atoms with Gasteiger partial charge >= 0.3 is 6.09 Å². The molecule has 228 valence electrons. The minimum Gasteiger partial charge on any atom is -0.465 e. The summed E-state index contributed by atoms with van der Waals surface area (Å²) in [6.45, 7) is 5.34. The third-order valence-corrected chi connectivity index (χ3v) is 7.48. The fourth-order valence-electron chi connectivity index (χ4n) is 5.33. The van der Waals surface area contributed by atoms with Crippen LogP contribution in [0.1, 0.15) is 44.2 Å². The van der Waals surface area contributed by atoms with Crippen LogP contribution >= 0.6 is 0 Å². The maximum atomic E-state index is 14.2. The van der Waals surface area contributed by atoms with Crippen molar-refractivity contribution in [1.82, 2.24) is 20.4 Å². The first-order chi connectivity index (χ1) is 20.3. The number of carbonyl (C=O) groups excluding carboxylic acids is 3. The molecule has 43 heavy (non-hydrogen) atoms. The molecule has 0 aromatic heterocycles. The number of hydrogen-bond acceptors (Lipinski definition) is 4. The van der Waals surface area contributed by atoms with Crippen LogP contribution in [-0.2, 0) is 20.8 Å². The van der Waals surface area contributed by atoms with Crippen LogP contribution in [0.25, 0.3) is 10.8 Å². The molecule has 0 heterocycles. The van der Waals surface area contributed by atoms with Crippen LogP contribution in [0.3, 0.4) is 0 Å². The maximum absolute atomic E-state index is 14.2. The Morgan fingerprint density at radius 2 is 1.56 bits per heavy atom. The topological polar surface area (TPSA) is 119 Å². The molecule has 4 amide bonds. The molecule has 3 rings (SSSR count). The summed E-state index contributed by atoms with van der Waals surface area (Å²) in [4.78, 5) is 54.6. The fraction of sp³-hybridized carbons (Fsp3) is 0.353. The molecule has 0 aliphatic heterocycles. The molecule has 0 spiro atoms. The van der Waals surface area contributed by atoms with Crippen molar-refractivity contribution >= 4 is 34.6 Å². The van der Waals surface area contributed by atoms with E-state index in [1.165, 1.54) is 15.9 Å². The average molecular weight is 587 g/mol. The lowest BCUT2D eigenvalue weighted by molar-refractivity contribution is -0.140. The number of benzene rings is 3. The SMILES string of the molecule is CNC(=O)C(Cc1ccccc1)N(C)C(=O)C(CN(C)C(=O)/C=C(\C)CC(C)(C)NC(=O)O)c1ccc2ccccc2c1. The molecule has 2 atom stereocenters. The average Bonchev–Trinajstić information content (AvgIpc) is 2.96. The van der Waals surface area contributed by atoms with Crippen molar-refractivity contribution in [2.45, 2.75) is 51.1 Å². The number of amides is 4. The maximum Gasteiger partial charge on any atom is 0.405 e. The Kier molecular flexibility index (Phi) is 11.1. The largest absolute Gasteiger partial charge is 0.465 e. The summed E-state index contributed by atoms with van der Waals surface area (Å²) < 4.78 is 0. The summed E-state index contributed by atoms with van der Waals surface area (Å²) in [5.74, 6) is -1.62. The number of likely N-dealkylation sites (N-methyl/N-ethyl adjacent to an activating group) is 3. The lowest BCUT2D eigenvalue weighted by Gasteiger charge is -2.32. The van der Waals surface area contributed by atoms with E-state index >= 15 is 0 Å². The predicted octanol–water partition coefficient (Wildman–Crippen LogP) is 4.58. The zero-order chi connectivity index (χ0) is 31.7. The highest BCUT2D eigenvalue weighted by Gasteiger charge is 2.33. The van der Waals surface area contributed by atoms with Gasteiger partial charge in [0.2, 0.25) is 17.7 Å². The van der Waals surface area contributed by atoms with Gasteiger partial charge in [0.1, 0.15) is 6.04 Å². The van der Waals surface area contributed by atoms with Crippen LogP contribution in [0.5, 0.6) is 0 Å². The highest BCUT2D eigenvalue weighted by molar-refractivity contribution is 5.93. The number of rotatable bonds is 12. The molecule has 9 nitrogen and oxygen atoms in total. The fourth-order valence-corrected chi connectivity index (χ4v) is 5.33. The quantitative estimate of drug-likeness (QED) is 0.269. The molecular formula is C34H42N4O5. The Morgan fingerprint density at radius 3 is 2.19 bits per heavy atom. The summed E-state index contributed by atoms with van der Waals surface area (Å²) in [5.41, 5.74) is 1.60. The van der Waals surface area contributed by atoms with Gasteiger partial charge in [0.25, 0.3) is 0 Å². The Hall–Kier alpha value is -4.66. The summed E-state index contributed by atoms with van der Waals surface area (Å²) in [6, 6.07) is 22.4. The first-order valence-electron chi connectivity index (χ1n) is 14.3. The van der Waals surface area contributed by atoms with Crippen molar-refractivity contribution in [3.05, 3.63) is 95.6 Å². The van der Waals surface area contributed by atoms with E-state index < -0.39 is 23.6 Å². The first kappa shape index (κ1) is 32.8. The Labute approximate surface area is 253 Å². The second-order valence-electron chi connectivity index (χ2n) is 11.6. The molecule has 3 aromatic carbocycles. The summed E-state index contributed by atoms with van der Waals surface area (Å²) in [5, 5.41) is 16.2. The number of nitrogens with zero attached hydrogens (tertiary/aromatic N) is 2. The van der Waals surface area contributed by atoms with E-state index in [0.717, 1.165) is 21.9 Å². The Morgan fingerprint density at radius 1 is 0.930 bits per heavy atom. The van der Waals surface area contributed by atoms with Gasteiger partial charge in [-0.3, -0.25) is 14.4 Å². The molecule has 3 N–H and O–H groups in total. The molecule has 0 aliphatic carbocycles. The van der Waals surface area contributed by atoms with Crippen LogP contribution < -0.4 is 10.6 Å². The summed E-state index contributed by atoms with van der Waals surface area (Å²) >= 11 is 0. The van der Waals surface area contributed by atoms with E-state index in [1.54, 1.807) is 41.9 Å². The standard InChI is InChI=1S/C34H42N4O5/c1-23(21-34(2,3)36-33(42)43)18-30(39)37(5)22-28(27-17-16-25-14-10-11-15-26(25)20-27)32(41)38(6)29(31(40)35-4)19-24-12-8-7-9-13-24/h7-18,20,28-29,36H,19,21-22H2,1-6H3,(H,35,40)(H,42,43)/b23-18+. The second kappa shape index (κ2) is 14.5. The van der Waals surface area contributed by atoms with Crippen molar-refractivity contribution in [3.8, 4) is 0 Å².